The highest BCUT2D eigenvalue weighted by atomic mass is 32.2. The minimum atomic E-state index is -0.363. The van der Waals surface area contributed by atoms with Crippen molar-refractivity contribution in [2.75, 3.05) is 0 Å². The van der Waals surface area contributed by atoms with E-state index in [0.29, 0.717) is 16.3 Å². The van der Waals surface area contributed by atoms with Gasteiger partial charge in [-0.15, -0.1) is 0 Å². The molecule has 0 amide bonds. The normalized spacial score (nSPS) is 10.8. The van der Waals surface area contributed by atoms with Gasteiger partial charge in [-0.2, -0.15) is 0 Å². The van der Waals surface area contributed by atoms with Gasteiger partial charge in [0.15, 0.2) is 0 Å². The number of carbonyl (C=O) groups is 1. The fraction of sp³-hybridized carbons (Fsp3) is 0.0625. The van der Waals surface area contributed by atoms with E-state index in [2.05, 4.69) is 9.97 Å². The second-order valence-corrected chi connectivity index (χ2v) is 5.46. The monoisotopic (exact) mass is 298 g/mol. The Balaban J connectivity index is 1.92. The quantitative estimate of drug-likeness (QED) is 0.670. The van der Waals surface area contributed by atoms with Crippen LogP contribution in [0.2, 0.25) is 0 Å². The summed E-state index contributed by atoms with van der Waals surface area (Å²) in [6.45, 7) is 1.82. The average Bonchev–Trinajstić information content (AvgIpc) is 2.48. The zero-order valence-corrected chi connectivity index (χ0v) is 12.0. The summed E-state index contributed by atoms with van der Waals surface area (Å²) in [5.74, 6) is -0.363. The van der Waals surface area contributed by atoms with E-state index in [4.69, 9.17) is 0 Å². The summed E-state index contributed by atoms with van der Waals surface area (Å²) < 4.78 is 12.9. The molecule has 0 aliphatic rings. The number of aromatic nitrogens is 2. The molecule has 0 fully saturated rings. The first-order valence-electron chi connectivity index (χ1n) is 6.34. The van der Waals surface area contributed by atoms with Crippen molar-refractivity contribution < 1.29 is 9.18 Å². The van der Waals surface area contributed by atoms with Crippen LogP contribution in [-0.2, 0) is 0 Å². The van der Waals surface area contributed by atoms with E-state index in [-0.39, 0.29) is 10.9 Å². The lowest BCUT2D eigenvalue weighted by Crippen LogP contribution is -1.98. The number of thioether (sulfide) groups is 1. The summed E-state index contributed by atoms with van der Waals surface area (Å²) in [4.78, 5) is 21.1. The first-order chi connectivity index (χ1) is 10.1. The molecule has 0 spiro atoms. The zero-order chi connectivity index (χ0) is 14.8. The maximum absolute atomic E-state index is 12.9. The van der Waals surface area contributed by atoms with E-state index in [9.17, 15) is 9.18 Å². The predicted octanol–water partition coefficient (Wildman–Crippen LogP) is 4.01. The first-order valence-corrected chi connectivity index (χ1v) is 7.16. The van der Waals surface area contributed by atoms with Crippen LogP contribution < -0.4 is 0 Å². The maximum atomic E-state index is 12.9. The van der Waals surface area contributed by atoms with Gasteiger partial charge < -0.3 is 0 Å². The van der Waals surface area contributed by atoms with Gasteiger partial charge in [0.2, 0.25) is 5.12 Å². The summed E-state index contributed by atoms with van der Waals surface area (Å²) in [6.07, 6.45) is 0. The third kappa shape index (κ3) is 2.92. The highest BCUT2D eigenvalue weighted by molar-refractivity contribution is 8.14. The van der Waals surface area contributed by atoms with Crippen LogP contribution in [0.25, 0.3) is 11.0 Å². The van der Waals surface area contributed by atoms with E-state index in [0.717, 1.165) is 22.8 Å². The molecule has 1 heterocycles. The average molecular weight is 298 g/mol. The van der Waals surface area contributed by atoms with Crippen LogP contribution >= 0.6 is 11.8 Å². The summed E-state index contributed by atoms with van der Waals surface area (Å²) in [5, 5.41) is 0.394. The van der Waals surface area contributed by atoms with Crippen LogP contribution in [0.4, 0.5) is 4.39 Å². The molecule has 0 saturated heterocycles. The third-order valence-electron chi connectivity index (χ3n) is 2.97. The second kappa shape index (κ2) is 5.61. The summed E-state index contributed by atoms with van der Waals surface area (Å²) >= 11 is 1.01. The number of aryl methyl sites for hydroxylation is 1. The van der Waals surface area contributed by atoms with Gasteiger partial charge in [0.25, 0.3) is 0 Å². The number of hydrogen-bond acceptors (Lipinski definition) is 4. The van der Waals surface area contributed by atoms with Gasteiger partial charge in [0.1, 0.15) is 10.8 Å². The molecule has 21 heavy (non-hydrogen) atoms. The number of rotatable bonds is 2. The van der Waals surface area contributed by atoms with Crippen LogP contribution in [0.3, 0.4) is 0 Å². The van der Waals surface area contributed by atoms with E-state index in [1.165, 1.54) is 24.3 Å². The Labute approximate surface area is 125 Å². The number of nitrogens with zero attached hydrogens (tertiary/aromatic N) is 2. The van der Waals surface area contributed by atoms with E-state index < -0.39 is 0 Å². The van der Waals surface area contributed by atoms with Gasteiger partial charge in [-0.3, -0.25) is 4.79 Å². The standard InChI is InChI=1S/C16H11FN2OS/c1-10-15(19-14-5-3-2-4-13(14)18-10)21-16(20)11-6-8-12(17)9-7-11/h2-9H,1H3. The lowest BCUT2D eigenvalue weighted by Gasteiger charge is -2.05. The molecule has 0 bridgehead atoms. The van der Waals surface area contributed by atoms with Gasteiger partial charge in [-0.25, -0.2) is 14.4 Å². The highest BCUT2D eigenvalue weighted by Gasteiger charge is 2.13. The van der Waals surface area contributed by atoms with Crippen LogP contribution in [0.15, 0.2) is 53.6 Å². The maximum Gasteiger partial charge on any atom is 0.225 e. The van der Waals surface area contributed by atoms with Crippen molar-refractivity contribution >= 4 is 27.9 Å². The molecular formula is C16H11FN2OS. The molecule has 0 N–H and O–H groups in total. The molecule has 1 aromatic heterocycles. The van der Waals surface area contributed by atoms with Gasteiger partial charge >= 0.3 is 0 Å². The number of para-hydroxylation sites is 2. The van der Waals surface area contributed by atoms with Crippen molar-refractivity contribution in [3.63, 3.8) is 0 Å². The fourth-order valence-corrected chi connectivity index (χ4v) is 2.67. The van der Waals surface area contributed by atoms with Crippen molar-refractivity contribution in [2.45, 2.75) is 11.9 Å². The molecule has 0 saturated carbocycles. The Hall–Kier alpha value is -2.27. The molecule has 0 radical (unpaired) electrons. The molecule has 5 heteroatoms. The molecule has 0 aliphatic heterocycles. The van der Waals surface area contributed by atoms with Crippen molar-refractivity contribution in [3.05, 3.63) is 65.6 Å². The summed E-state index contributed by atoms with van der Waals surface area (Å²) in [5.41, 5.74) is 2.69. The Morgan fingerprint density at radius 1 is 1.00 bits per heavy atom. The number of benzene rings is 2. The Kier molecular flexibility index (Phi) is 3.66. The SMILES string of the molecule is Cc1nc2ccccc2nc1SC(=O)c1ccc(F)cc1. The minimum Gasteiger partial charge on any atom is -0.281 e. The molecule has 0 aliphatic carbocycles. The van der Waals surface area contributed by atoms with Crippen molar-refractivity contribution in [2.24, 2.45) is 0 Å². The number of carbonyl (C=O) groups excluding carboxylic acids is 1. The summed E-state index contributed by atoms with van der Waals surface area (Å²) in [7, 11) is 0. The van der Waals surface area contributed by atoms with E-state index in [1.807, 2.05) is 31.2 Å². The minimum absolute atomic E-state index is 0.178. The topological polar surface area (TPSA) is 42.9 Å². The van der Waals surface area contributed by atoms with Crippen LogP contribution in [0.1, 0.15) is 16.1 Å². The molecular weight excluding hydrogens is 287 g/mol. The van der Waals surface area contributed by atoms with E-state index >= 15 is 0 Å². The predicted molar refractivity (Wildman–Crippen MR) is 80.9 cm³/mol. The molecule has 3 nitrogen and oxygen atoms in total. The Morgan fingerprint density at radius 2 is 1.62 bits per heavy atom. The van der Waals surface area contributed by atoms with E-state index in [1.54, 1.807) is 0 Å². The van der Waals surface area contributed by atoms with Crippen LogP contribution in [0.5, 0.6) is 0 Å². The number of fused-ring (bicyclic) bond motifs is 1. The second-order valence-electron chi connectivity index (χ2n) is 4.50. The van der Waals surface area contributed by atoms with Crippen LogP contribution in [0, 0.1) is 12.7 Å². The van der Waals surface area contributed by atoms with Gasteiger partial charge in [-0.05, 0) is 55.1 Å². The van der Waals surface area contributed by atoms with Crippen LogP contribution in [-0.4, -0.2) is 15.1 Å². The number of hydrogen-bond donors (Lipinski definition) is 0. The Morgan fingerprint density at radius 3 is 2.29 bits per heavy atom. The van der Waals surface area contributed by atoms with Crippen molar-refractivity contribution in [3.8, 4) is 0 Å². The third-order valence-corrected chi connectivity index (χ3v) is 3.97. The molecule has 2 aromatic carbocycles. The van der Waals surface area contributed by atoms with Crippen molar-refractivity contribution in [1.29, 1.82) is 0 Å². The van der Waals surface area contributed by atoms with Gasteiger partial charge in [0, 0.05) is 5.56 Å². The molecule has 104 valence electrons. The largest absolute Gasteiger partial charge is 0.281 e. The summed E-state index contributed by atoms with van der Waals surface area (Å²) in [6, 6.07) is 13.0. The molecule has 0 unspecified atom stereocenters. The lowest BCUT2D eigenvalue weighted by atomic mass is 10.2. The highest BCUT2D eigenvalue weighted by Crippen LogP contribution is 2.25. The Bertz CT molecular complexity index is 818. The van der Waals surface area contributed by atoms with Crippen molar-refractivity contribution in [1.82, 2.24) is 9.97 Å². The molecule has 3 aromatic rings. The zero-order valence-electron chi connectivity index (χ0n) is 11.2. The molecule has 3 rings (SSSR count). The smallest absolute Gasteiger partial charge is 0.225 e. The number of halogens is 1. The van der Waals surface area contributed by atoms with Gasteiger partial charge in [-0.1, -0.05) is 12.1 Å². The molecule has 0 atom stereocenters. The first kappa shape index (κ1) is 13.7. The van der Waals surface area contributed by atoms with Gasteiger partial charge in [0.05, 0.1) is 16.7 Å². The fourth-order valence-electron chi connectivity index (χ4n) is 1.90. The lowest BCUT2D eigenvalue weighted by molar-refractivity contribution is 0.108.